The van der Waals surface area contributed by atoms with Crippen LogP contribution in [0.15, 0.2) is 18.2 Å². The van der Waals surface area contributed by atoms with Crippen LogP contribution in [0.2, 0.25) is 0 Å². The summed E-state index contributed by atoms with van der Waals surface area (Å²) in [5.41, 5.74) is 2.41. The van der Waals surface area contributed by atoms with Gasteiger partial charge in [0.25, 0.3) is 5.91 Å². The molecule has 0 atom stereocenters. The molecule has 0 aromatic heterocycles. The summed E-state index contributed by atoms with van der Waals surface area (Å²) >= 11 is 0. The van der Waals surface area contributed by atoms with Crippen LogP contribution in [-0.4, -0.2) is 23.7 Å². The Labute approximate surface area is 107 Å². The second-order valence-electron chi connectivity index (χ2n) is 4.57. The Morgan fingerprint density at radius 3 is 2.94 bits per heavy atom. The molecule has 94 valence electrons. The Kier molecular flexibility index (Phi) is 4.01. The predicted octanol–water partition coefficient (Wildman–Crippen LogP) is 1.62. The second kappa shape index (κ2) is 5.70. The van der Waals surface area contributed by atoms with Gasteiger partial charge >= 0.3 is 0 Å². The number of hydrogen-bond donors (Lipinski definition) is 2. The molecule has 1 aliphatic rings. The minimum Gasteiger partial charge on any atom is -0.395 e. The van der Waals surface area contributed by atoms with Crippen molar-refractivity contribution in [1.29, 1.82) is 0 Å². The molecule has 1 saturated carbocycles. The molecule has 1 amide bonds. The molecule has 1 aromatic rings. The fourth-order valence-electron chi connectivity index (χ4n) is 1.66. The minimum atomic E-state index is -0.0468. The Bertz CT molecular complexity index is 507. The summed E-state index contributed by atoms with van der Waals surface area (Å²) in [7, 11) is 0. The highest BCUT2D eigenvalue weighted by molar-refractivity contribution is 5.97. The van der Waals surface area contributed by atoms with Crippen molar-refractivity contribution in [2.75, 3.05) is 6.61 Å². The van der Waals surface area contributed by atoms with Crippen molar-refractivity contribution in [3.05, 3.63) is 34.9 Å². The lowest BCUT2D eigenvalue weighted by Gasteiger charge is -2.06. The van der Waals surface area contributed by atoms with Gasteiger partial charge in [-0.2, -0.15) is 0 Å². The molecule has 3 heteroatoms. The van der Waals surface area contributed by atoms with Gasteiger partial charge in [-0.05, 0) is 31.9 Å². The third-order valence-electron chi connectivity index (χ3n) is 2.79. The number of benzene rings is 1. The van der Waals surface area contributed by atoms with Crippen LogP contribution in [0.5, 0.6) is 0 Å². The van der Waals surface area contributed by atoms with Crippen LogP contribution in [0.4, 0.5) is 0 Å². The van der Waals surface area contributed by atoms with Gasteiger partial charge in [-0.1, -0.05) is 23.5 Å². The molecule has 0 spiro atoms. The zero-order valence-electron chi connectivity index (χ0n) is 10.5. The van der Waals surface area contributed by atoms with Crippen LogP contribution in [0, 0.1) is 18.8 Å². The van der Waals surface area contributed by atoms with Crippen LogP contribution in [0.3, 0.4) is 0 Å². The van der Waals surface area contributed by atoms with Gasteiger partial charge in [0, 0.05) is 18.0 Å². The zero-order chi connectivity index (χ0) is 13.0. The SMILES string of the molecule is Cc1ccc(C#CCCO)c(C(=O)NC2CC2)c1. The third-order valence-corrected chi connectivity index (χ3v) is 2.79. The third kappa shape index (κ3) is 3.35. The lowest BCUT2D eigenvalue weighted by molar-refractivity contribution is 0.0951. The standard InChI is InChI=1S/C15H17NO2/c1-11-5-6-12(4-2-3-9-17)14(10-11)15(18)16-13-7-8-13/h5-6,10,13,17H,3,7-9H2,1H3,(H,16,18). The van der Waals surface area contributed by atoms with Crippen LogP contribution in [0.25, 0.3) is 0 Å². The lowest BCUT2D eigenvalue weighted by atomic mass is 10.0. The first-order valence-electron chi connectivity index (χ1n) is 6.22. The van der Waals surface area contributed by atoms with E-state index in [-0.39, 0.29) is 12.5 Å². The first-order valence-corrected chi connectivity index (χ1v) is 6.22. The summed E-state index contributed by atoms with van der Waals surface area (Å²) in [6, 6.07) is 6.01. The van der Waals surface area contributed by atoms with Crippen molar-refractivity contribution in [2.45, 2.75) is 32.2 Å². The van der Waals surface area contributed by atoms with Gasteiger partial charge in [0.15, 0.2) is 0 Å². The molecular formula is C15H17NO2. The molecular weight excluding hydrogens is 226 g/mol. The number of aliphatic hydroxyl groups excluding tert-OH is 1. The molecule has 1 aliphatic carbocycles. The zero-order valence-corrected chi connectivity index (χ0v) is 10.5. The molecule has 2 N–H and O–H groups in total. The smallest absolute Gasteiger partial charge is 0.252 e. The number of aryl methyl sites for hydroxylation is 1. The molecule has 0 heterocycles. The van der Waals surface area contributed by atoms with Gasteiger partial charge < -0.3 is 10.4 Å². The van der Waals surface area contributed by atoms with E-state index in [2.05, 4.69) is 17.2 Å². The molecule has 2 rings (SSSR count). The maximum Gasteiger partial charge on any atom is 0.252 e. The first-order chi connectivity index (χ1) is 8.70. The highest BCUT2D eigenvalue weighted by Gasteiger charge is 2.24. The van der Waals surface area contributed by atoms with E-state index >= 15 is 0 Å². The monoisotopic (exact) mass is 243 g/mol. The van der Waals surface area contributed by atoms with E-state index in [9.17, 15) is 4.79 Å². The number of nitrogens with one attached hydrogen (secondary N) is 1. The maximum atomic E-state index is 12.1. The summed E-state index contributed by atoms with van der Waals surface area (Å²) in [5.74, 6) is 5.75. The Balaban J connectivity index is 2.22. The van der Waals surface area contributed by atoms with Crippen molar-refractivity contribution in [3.63, 3.8) is 0 Å². The highest BCUT2D eigenvalue weighted by atomic mass is 16.2. The van der Waals surface area contributed by atoms with E-state index in [1.54, 1.807) is 0 Å². The topological polar surface area (TPSA) is 49.3 Å². The molecule has 1 fully saturated rings. The summed E-state index contributed by atoms with van der Waals surface area (Å²) in [5, 5.41) is 11.7. The van der Waals surface area contributed by atoms with Crippen molar-refractivity contribution < 1.29 is 9.90 Å². The van der Waals surface area contributed by atoms with Crippen molar-refractivity contribution >= 4 is 5.91 Å². The molecule has 3 nitrogen and oxygen atoms in total. The van der Waals surface area contributed by atoms with E-state index in [1.807, 2.05) is 25.1 Å². The van der Waals surface area contributed by atoms with E-state index in [0.717, 1.165) is 24.0 Å². The van der Waals surface area contributed by atoms with Crippen molar-refractivity contribution in [3.8, 4) is 11.8 Å². The summed E-state index contributed by atoms with van der Waals surface area (Å²) in [6.07, 6.45) is 2.57. The molecule has 1 aromatic carbocycles. The van der Waals surface area contributed by atoms with E-state index in [4.69, 9.17) is 5.11 Å². The summed E-state index contributed by atoms with van der Waals surface area (Å²) < 4.78 is 0. The molecule has 0 unspecified atom stereocenters. The van der Waals surface area contributed by atoms with Crippen molar-refractivity contribution in [2.24, 2.45) is 0 Å². The normalized spacial score (nSPS) is 13.7. The average molecular weight is 243 g/mol. The largest absolute Gasteiger partial charge is 0.395 e. The Morgan fingerprint density at radius 2 is 2.28 bits per heavy atom. The Hall–Kier alpha value is -1.79. The van der Waals surface area contributed by atoms with Gasteiger partial charge in [0.2, 0.25) is 0 Å². The molecule has 0 saturated heterocycles. The number of rotatable bonds is 3. The number of carbonyl (C=O) groups excluding carboxylic acids is 1. The number of aliphatic hydroxyl groups is 1. The van der Waals surface area contributed by atoms with Crippen molar-refractivity contribution in [1.82, 2.24) is 5.32 Å². The van der Waals surface area contributed by atoms with Crippen LogP contribution in [0.1, 0.15) is 40.7 Å². The van der Waals surface area contributed by atoms with E-state index in [0.29, 0.717) is 18.0 Å². The number of carbonyl (C=O) groups is 1. The van der Waals surface area contributed by atoms with Gasteiger partial charge in [0.05, 0.1) is 12.2 Å². The van der Waals surface area contributed by atoms with Gasteiger partial charge in [-0.15, -0.1) is 0 Å². The Morgan fingerprint density at radius 1 is 1.50 bits per heavy atom. The summed E-state index contributed by atoms with van der Waals surface area (Å²) in [6.45, 7) is 2.00. The lowest BCUT2D eigenvalue weighted by Crippen LogP contribution is -2.26. The van der Waals surface area contributed by atoms with Gasteiger partial charge in [-0.25, -0.2) is 0 Å². The molecule has 0 aliphatic heterocycles. The summed E-state index contributed by atoms with van der Waals surface area (Å²) in [4.78, 5) is 12.1. The molecule has 0 bridgehead atoms. The molecule has 0 radical (unpaired) electrons. The van der Waals surface area contributed by atoms with Gasteiger partial charge in [-0.3, -0.25) is 4.79 Å². The first kappa shape index (κ1) is 12.7. The highest BCUT2D eigenvalue weighted by Crippen LogP contribution is 2.20. The number of hydrogen-bond acceptors (Lipinski definition) is 2. The second-order valence-corrected chi connectivity index (χ2v) is 4.57. The number of amides is 1. The fourth-order valence-corrected chi connectivity index (χ4v) is 1.66. The van der Waals surface area contributed by atoms with Crippen LogP contribution in [-0.2, 0) is 0 Å². The quantitative estimate of drug-likeness (QED) is 0.793. The van der Waals surface area contributed by atoms with Gasteiger partial charge in [0.1, 0.15) is 0 Å². The predicted molar refractivity (Wildman–Crippen MR) is 70.2 cm³/mol. The van der Waals surface area contributed by atoms with Crippen LogP contribution >= 0.6 is 0 Å². The van der Waals surface area contributed by atoms with E-state index in [1.165, 1.54) is 0 Å². The van der Waals surface area contributed by atoms with Crippen LogP contribution < -0.4 is 5.32 Å². The fraction of sp³-hybridized carbons (Fsp3) is 0.400. The maximum absolute atomic E-state index is 12.1. The average Bonchev–Trinajstić information content (AvgIpc) is 3.15. The molecule has 18 heavy (non-hydrogen) atoms. The van der Waals surface area contributed by atoms with E-state index < -0.39 is 0 Å². The minimum absolute atomic E-state index is 0.0441.